The number of aryl methyl sites for hydroxylation is 1. The van der Waals surface area contributed by atoms with Crippen LogP contribution in [0.15, 0.2) is 6.20 Å². The third-order valence-corrected chi connectivity index (χ3v) is 3.86. The number of methoxy groups -OCH3 is 1. The molecule has 2 rings (SSSR count). The van der Waals surface area contributed by atoms with Crippen LogP contribution < -0.4 is 4.74 Å². The van der Waals surface area contributed by atoms with Crippen molar-refractivity contribution in [1.29, 1.82) is 0 Å². The van der Waals surface area contributed by atoms with E-state index in [0.29, 0.717) is 25.9 Å². The van der Waals surface area contributed by atoms with Crippen LogP contribution in [0.1, 0.15) is 36.6 Å². The minimum atomic E-state index is -0.669. The summed E-state index contributed by atoms with van der Waals surface area (Å²) in [5, 5.41) is 10.5. The number of nitrogens with zero attached hydrogens (tertiary/aromatic N) is 1. The standard InChI is InChI=1S/C15H23NO3/c1-5-19-12-6-15(17,7-12)8-13-11(3)14(18-4)10(2)9-16-13/h9,12,17H,5-8H2,1-4H3. The second kappa shape index (κ2) is 5.47. The molecular weight excluding hydrogens is 242 g/mol. The van der Waals surface area contributed by atoms with Crippen LogP contribution in [0.5, 0.6) is 5.75 Å². The topological polar surface area (TPSA) is 51.6 Å². The molecule has 1 fully saturated rings. The van der Waals surface area contributed by atoms with Crippen molar-refractivity contribution in [2.75, 3.05) is 13.7 Å². The molecule has 19 heavy (non-hydrogen) atoms. The van der Waals surface area contributed by atoms with Gasteiger partial charge in [-0.2, -0.15) is 0 Å². The van der Waals surface area contributed by atoms with Gasteiger partial charge in [-0.05, 0) is 20.8 Å². The highest BCUT2D eigenvalue weighted by Crippen LogP contribution is 2.38. The fourth-order valence-electron chi connectivity index (χ4n) is 2.85. The fourth-order valence-corrected chi connectivity index (χ4v) is 2.85. The Morgan fingerprint density at radius 3 is 2.68 bits per heavy atom. The third kappa shape index (κ3) is 2.90. The highest BCUT2D eigenvalue weighted by molar-refractivity contribution is 5.41. The molecule has 1 aliphatic carbocycles. The molecule has 0 radical (unpaired) electrons. The van der Waals surface area contributed by atoms with Gasteiger partial charge < -0.3 is 14.6 Å². The van der Waals surface area contributed by atoms with Gasteiger partial charge in [-0.25, -0.2) is 0 Å². The van der Waals surface area contributed by atoms with Crippen molar-refractivity contribution in [2.24, 2.45) is 0 Å². The molecule has 1 aromatic rings. The van der Waals surface area contributed by atoms with E-state index in [1.165, 1.54) is 0 Å². The monoisotopic (exact) mass is 265 g/mol. The molecule has 0 aromatic carbocycles. The van der Waals surface area contributed by atoms with E-state index in [-0.39, 0.29) is 6.10 Å². The minimum absolute atomic E-state index is 0.197. The van der Waals surface area contributed by atoms with E-state index in [2.05, 4.69) is 4.98 Å². The molecule has 0 unspecified atom stereocenters. The Bertz CT molecular complexity index is 453. The SMILES string of the molecule is CCOC1CC(O)(Cc2ncc(C)c(OC)c2C)C1. The highest BCUT2D eigenvalue weighted by atomic mass is 16.5. The van der Waals surface area contributed by atoms with Gasteiger partial charge in [0.2, 0.25) is 0 Å². The molecule has 1 N–H and O–H groups in total. The first-order valence-corrected chi connectivity index (χ1v) is 6.82. The first-order chi connectivity index (χ1) is 8.99. The fraction of sp³-hybridized carbons (Fsp3) is 0.667. The number of hydrogen-bond donors (Lipinski definition) is 1. The number of pyridine rings is 1. The van der Waals surface area contributed by atoms with E-state index in [9.17, 15) is 5.11 Å². The summed E-state index contributed by atoms with van der Waals surface area (Å²) in [6.07, 6.45) is 3.96. The summed E-state index contributed by atoms with van der Waals surface area (Å²) >= 11 is 0. The van der Waals surface area contributed by atoms with Crippen LogP contribution in [0.4, 0.5) is 0 Å². The van der Waals surface area contributed by atoms with E-state index in [0.717, 1.165) is 22.6 Å². The van der Waals surface area contributed by atoms with Crippen LogP contribution in [0.25, 0.3) is 0 Å². The minimum Gasteiger partial charge on any atom is -0.496 e. The molecule has 106 valence electrons. The van der Waals surface area contributed by atoms with Gasteiger partial charge in [0, 0.05) is 48.9 Å². The van der Waals surface area contributed by atoms with E-state index in [1.54, 1.807) is 7.11 Å². The van der Waals surface area contributed by atoms with Gasteiger partial charge >= 0.3 is 0 Å². The van der Waals surface area contributed by atoms with E-state index >= 15 is 0 Å². The maximum atomic E-state index is 10.5. The zero-order valence-corrected chi connectivity index (χ0v) is 12.2. The summed E-state index contributed by atoms with van der Waals surface area (Å²) < 4.78 is 10.9. The smallest absolute Gasteiger partial charge is 0.128 e. The molecule has 0 bridgehead atoms. The molecule has 1 aromatic heterocycles. The predicted octanol–water partition coefficient (Wildman–Crippen LogP) is 2.18. The van der Waals surface area contributed by atoms with Crippen molar-refractivity contribution in [1.82, 2.24) is 4.98 Å². The van der Waals surface area contributed by atoms with Crippen molar-refractivity contribution in [3.63, 3.8) is 0 Å². The van der Waals surface area contributed by atoms with Crippen LogP contribution in [-0.2, 0) is 11.2 Å². The summed E-state index contributed by atoms with van der Waals surface area (Å²) in [6.45, 7) is 6.66. The van der Waals surface area contributed by atoms with Crippen molar-refractivity contribution in [3.8, 4) is 5.75 Å². The number of rotatable bonds is 5. The number of aromatic nitrogens is 1. The zero-order chi connectivity index (χ0) is 14.0. The maximum Gasteiger partial charge on any atom is 0.128 e. The van der Waals surface area contributed by atoms with Crippen molar-refractivity contribution in [3.05, 3.63) is 23.0 Å². The predicted molar refractivity (Wildman–Crippen MR) is 73.6 cm³/mol. The second-order valence-electron chi connectivity index (χ2n) is 5.43. The highest BCUT2D eigenvalue weighted by Gasteiger charge is 2.43. The Balaban J connectivity index is 2.08. The lowest BCUT2D eigenvalue weighted by atomic mass is 9.74. The molecule has 0 saturated heterocycles. The second-order valence-corrected chi connectivity index (χ2v) is 5.43. The summed E-state index contributed by atoms with van der Waals surface area (Å²) in [4.78, 5) is 4.44. The summed E-state index contributed by atoms with van der Waals surface area (Å²) in [6, 6.07) is 0. The Hall–Kier alpha value is -1.13. The van der Waals surface area contributed by atoms with Crippen molar-refractivity contribution < 1.29 is 14.6 Å². The lowest BCUT2D eigenvalue weighted by Gasteiger charge is -2.43. The van der Waals surface area contributed by atoms with Crippen LogP contribution in [0.3, 0.4) is 0 Å². The first kappa shape index (κ1) is 14.3. The molecule has 0 atom stereocenters. The average Bonchev–Trinajstić information content (AvgIpc) is 2.32. The lowest BCUT2D eigenvalue weighted by molar-refractivity contribution is -0.136. The van der Waals surface area contributed by atoms with Gasteiger partial charge in [0.05, 0.1) is 18.8 Å². The Kier molecular flexibility index (Phi) is 4.11. The van der Waals surface area contributed by atoms with Gasteiger partial charge in [-0.15, -0.1) is 0 Å². The molecule has 0 spiro atoms. The van der Waals surface area contributed by atoms with Gasteiger partial charge in [-0.1, -0.05) is 0 Å². The quantitative estimate of drug-likeness (QED) is 0.886. The first-order valence-electron chi connectivity index (χ1n) is 6.82. The molecule has 0 aliphatic heterocycles. The third-order valence-electron chi connectivity index (χ3n) is 3.86. The Morgan fingerprint density at radius 1 is 1.42 bits per heavy atom. The van der Waals surface area contributed by atoms with E-state index in [4.69, 9.17) is 9.47 Å². The zero-order valence-electron chi connectivity index (χ0n) is 12.2. The largest absolute Gasteiger partial charge is 0.496 e. The average molecular weight is 265 g/mol. The molecule has 1 saturated carbocycles. The molecule has 1 aliphatic rings. The summed E-state index contributed by atoms with van der Waals surface area (Å²) in [5.74, 6) is 0.870. The Morgan fingerprint density at radius 2 is 2.11 bits per heavy atom. The lowest BCUT2D eigenvalue weighted by Crippen LogP contribution is -2.50. The van der Waals surface area contributed by atoms with Crippen LogP contribution >= 0.6 is 0 Å². The molecule has 4 heteroatoms. The number of hydrogen-bond acceptors (Lipinski definition) is 4. The molecular formula is C15H23NO3. The van der Waals surface area contributed by atoms with Gasteiger partial charge in [-0.3, -0.25) is 4.98 Å². The Labute approximate surface area is 114 Å². The molecule has 0 amide bonds. The summed E-state index contributed by atoms with van der Waals surface area (Å²) in [5.41, 5.74) is 2.30. The summed E-state index contributed by atoms with van der Waals surface area (Å²) in [7, 11) is 1.67. The van der Waals surface area contributed by atoms with E-state index < -0.39 is 5.60 Å². The van der Waals surface area contributed by atoms with Crippen LogP contribution in [-0.4, -0.2) is 35.5 Å². The van der Waals surface area contributed by atoms with Crippen LogP contribution in [0, 0.1) is 13.8 Å². The van der Waals surface area contributed by atoms with Gasteiger partial charge in [0.1, 0.15) is 5.75 Å². The molecule has 1 heterocycles. The number of ether oxygens (including phenoxy) is 2. The van der Waals surface area contributed by atoms with Gasteiger partial charge in [0.15, 0.2) is 0 Å². The van der Waals surface area contributed by atoms with Crippen LogP contribution in [0.2, 0.25) is 0 Å². The normalized spacial score (nSPS) is 26.1. The van der Waals surface area contributed by atoms with E-state index in [1.807, 2.05) is 27.0 Å². The molecule has 4 nitrogen and oxygen atoms in total. The maximum absolute atomic E-state index is 10.5. The van der Waals surface area contributed by atoms with Crippen molar-refractivity contribution >= 4 is 0 Å². The van der Waals surface area contributed by atoms with Crippen molar-refractivity contribution in [2.45, 2.75) is 51.7 Å². The van der Waals surface area contributed by atoms with Gasteiger partial charge in [0.25, 0.3) is 0 Å². The number of aliphatic hydroxyl groups is 1.